The lowest BCUT2D eigenvalue weighted by Crippen LogP contribution is -2.52. The van der Waals surface area contributed by atoms with Gasteiger partial charge in [0.05, 0.1) is 12.0 Å². The van der Waals surface area contributed by atoms with Crippen LogP contribution in [0.3, 0.4) is 0 Å². The maximum absolute atomic E-state index is 12.4. The minimum Gasteiger partial charge on any atom is -0.384 e. The van der Waals surface area contributed by atoms with Crippen LogP contribution in [-0.2, 0) is 9.53 Å². The molecule has 0 radical (unpaired) electrons. The predicted octanol–water partition coefficient (Wildman–Crippen LogP) is 1.73. The van der Waals surface area contributed by atoms with Gasteiger partial charge in [0.25, 0.3) is 0 Å². The van der Waals surface area contributed by atoms with Gasteiger partial charge < -0.3 is 15.4 Å². The lowest BCUT2D eigenvalue weighted by Gasteiger charge is -2.36. The van der Waals surface area contributed by atoms with E-state index in [9.17, 15) is 4.79 Å². The van der Waals surface area contributed by atoms with Gasteiger partial charge in [-0.05, 0) is 38.8 Å². The Balaban J connectivity index is 0.00000289. The highest BCUT2D eigenvalue weighted by atomic mass is 35.5. The van der Waals surface area contributed by atoms with E-state index < -0.39 is 0 Å². The molecule has 0 bridgehead atoms. The highest BCUT2D eigenvalue weighted by molar-refractivity contribution is 5.85. The molecular formula is C13H27ClN2O2. The topological polar surface area (TPSA) is 50.4 Å². The third-order valence-corrected chi connectivity index (χ3v) is 3.78. The number of methoxy groups -OCH3 is 1. The summed E-state index contributed by atoms with van der Waals surface area (Å²) in [6, 6.07) is 0.297. The fraction of sp³-hybridized carbons (Fsp3) is 0.923. The molecule has 0 aromatic rings. The van der Waals surface area contributed by atoms with Crippen molar-refractivity contribution in [2.45, 2.75) is 45.6 Å². The van der Waals surface area contributed by atoms with E-state index in [2.05, 4.69) is 24.5 Å². The summed E-state index contributed by atoms with van der Waals surface area (Å²) in [5, 5.41) is 6.46. The lowest BCUT2D eigenvalue weighted by molar-refractivity contribution is -0.137. The molecule has 0 aliphatic carbocycles. The number of nitrogens with one attached hydrogen (secondary N) is 2. The van der Waals surface area contributed by atoms with Gasteiger partial charge in [0.1, 0.15) is 0 Å². The van der Waals surface area contributed by atoms with E-state index in [0.717, 1.165) is 38.8 Å². The van der Waals surface area contributed by atoms with Crippen LogP contribution in [0, 0.1) is 5.41 Å². The van der Waals surface area contributed by atoms with Crippen molar-refractivity contribution in [2.24, 2.45) is 5.41 Å². The number of piperidine rings is 1. The maximum atomic E-state index is 12.4. The fourth-order valence-corrected chi connectivity index (χ4v) is 2.45. The lowest BCUT2D eigenvalue weighted by atomic mass is 9.78. The summed E-state index contributed by atoms with van der Waals surface area (Å²) in [5.41, 5.74) is -0.317. The second-order valence-corrected chi connectivity index (χ2v) is 4.95. The molecule has 108 valence electrons. The van der Waals surface area contributed by atoms with E-state index in [1.807, 2.05) is 0 Å². The number of rotatable bonds is 6. The van der Waals surface area contributed by atoms with Gasteiger partial charge in [-0.1, -0.05) is 13.8 Å². The molecule has 0 unspecified atom stereocenters. The molecule has 1 saturated heterocycles. The van der Waals surface area contributed by atoms with Crippen molar-refractivity contribution >= 4 is 18.3 Å². The van der Waals surface area contributed by atoms with Gasteiger partial charge in [-0.2, -0.15) is 0 Å². The highest BCUT2D eigenvalue weighted by Gasteiger charge is 2.39. The zero-order chi connectivity index (χ0) is 12.7. The number of amides is 1. The van der Waals surface area contributed by atoms with Gasteiger partial charge >= 0.3 is 0 Å². The summed E-state index contributed by atoms with van der Waals surface area (Å²) in [6.45, 7) is 6.56. The zero-order valence-corrected chi connectivity index (χ0v) is 12.6. The first-order valence-electron chi connectivity index (χ1n) is 6.69. The van der Waals surface area contributed by atoms with Crippen molar-refractivity contribution in [1.29, 1.82) is 0 Å². The van der Waals surface area contributed by atoms with Gasteiger partial charge in [0.2, 0.25) is 5.91 Å². The van der Waals surface area contributed by atoms with Crippen molar-refractivity contribution in [3.8, 4) is 0 Å². The fourth-order valence-electron chi connectivity index (χ4n) is 2.45. The molecule has 0 aromatic carbocycles. The van der Waals surface area contributed by atoms with Gasteiger partial charge in [-0.15, -0.1) is 12.4 Å². The predicted molar refractivity (Wildman–Crippen MR) is 76.2 cm³/mol. The number of hydrogen-bond acceptors (Lipinski definition) is 3. The molecule has 0 saturated carbocycles. The van der Waals surface area contributed by atoms with Crippen LogP contribution < -0.4 is 10.6 Å². The largest absolute Gasteiger partial charge is 0.384 e. The Labute approximate surface area is 117 Å². The van der Waals surface area contributed by atoms with Crippen LogP contribution in [0.15, 0.2) is 0 Å². The Hall–Kier alpha value is -0.320. The van der Waals surface area contributed by atoms with Crippen molar-refractivity contribution in [3.63, 3.8) is 0 Å². The molecule has 0 atom stereocenters. The first-order chi connectivity index (χ1) is 8.18. The Bertz CT molecular complexity index is 234. The Morgan fingerprint density at radius 2 is 1.89 bits per heavy atom. The number of carbonyl (C=O) groups is 1. The van der Waals surface area contributed by atoms with Gasteiger partial charge in [0, 0.05) is 13.2 Å². The van der Waals surface area contributed by atoms with Crippen molar-refractivity contribution < 1.29 is 9.53 Å². The van der Waals surface area contributed by atoms with E-state index in [0.29, 0.717) is 12.6 Å². The second kappa shape index (κ2) is 8.73. The summed E-state index contributed by atoms with van der Waals surface area (Å²) < 4.78 is 5.27. The maximum Gasteiger partial charge on any atom is 0.228 e. The third-order valence-electron chi connectivity index (χ3n) is 3.78. The number of ether oxygens (including phenoxy) is 1. The minimum absolute atomic E-state index is 0. The van der Waals surface area contributed by atoms with Crippen molar-refractivity contribution in [3.05, 3.63) is 0 Å². The minimum atomic E-state index is -0.317. The molecular weight excluding hydrogens is 252 g/mol. The molecule has 1 fully saturated rings. The standard InChI is InChI=1S/C13H26N2O2.ClH/c1-4-11(5-2)15-12(16)13(10-17-3)6-8-14-9-7-13;/h11,14H,4-10H2,1-3H3,(H,15,16);1H. The van der Waals surface area contributed by atoms with Crippen LogP contribution in [0.1, 0.15) is 39.5 Å². The summed E-state index contributed by atoms with van der Waals surface area (Å²) in [5.74, 6) is 0.176. The van der Waals surface area contributed by atoms with E-state index >= 15 is 0 Å². The SMILES string of the molecule is CCC(CC)NC(=O)C1(COC)CCNCC1.Cl. The third kappa shape index (κ3) is 4.41. The summed E-state index contributed by atoms with van der Waals surface area (Å²) in [6.07, 6.45) is 3.72. The Morgan fingerprint density at radius 3 is 2.33 bits per heavy atom. The van der Waals surface area contributed by atoms with Crippen LogP contribution in [-0.4, -0.2) is 38.8 Å². The average Bonchev–Trinajstić information content (AvgIpc) is 2.37. The number of halogens is 1. The van der Waals surface area contributed by atoms with Crippen LogP contribution in [0.4, 0.5) is 0 Å². The number of carbonyl (C=O) groups excluding carboxylic acids is 1. The van der Waals surface area contributed by atoms with Gasteiger partial charge in [0.15, 0.2) is 0 Å². The Kier molecular flexibility index (Phi) is 8.57. The molecule has 1 aliphatic heterocycles. The highest BCUT2D eigenvalue weighted by Crippen LogP contribution is 2.29. The molecule has 1 aliphatic rings. The van der Waals surface area contributed by atoms with Crippen LogP contribution in [0.2, 0.25) is 0 Å². The number of hydrogen-bond donors (Lipinski definition) is 2. The van der Waals surface area contributed by atoms with E-state index in [4.69, 9.17) is 4.74 Å². The molecule has 0 spiro atoms. The van der Waals surface area contributed by atoms with Gasteiger partial charge in [-0.3, -0.25) is 4.79 Å². The van der Waals surface area contributed by atoms with Crippen LogP contribution >= 0.6 is 12.4 Å². The molecule has 0 aromatic heterocycles. The molecule has 1 amide bonds. The summed E-state index contributed by atoms with van der Waals surface area (Å²) >= 11 is 0. The van der Waals surface area contributed by atoms with Crippen LogP contribution in [0.5, 0.6) is 0 Å². The van der Waals surface area contributed by atoms with Gasteiger partial charge in [-0.25, -0.2) is 0 Å². The second-order valence-electron chi connectivity index (χ2n) is 4.95. The van der Waals surface area contributed by atoms with Crippen molar-refractivity contribution in [2.75, 3.05) is 26.8 Å². The quantitative estimate of drug-likeness (QED) is 0.778. The Morgan fingerprint density at radius 1 is 1.33 bits per heavy atom. The molecule has 1 rings (SSSR count). The molecule has 4 nitrogen and oxygen atoms in total. The van der Waals surface area contributed by atoms with Crippen molar-refractivity contribution in [1.82, 2.24) is 10.6 Å². The first kappa shape index (κ1) is 17.7. The average molecular weight is 279 g/mol. The summed E-state index contributed by atoms with van der Waals surface area (Å²) in [4.78, 5) is 12.4. The van der Waals surface area contributed by atoms with E-state index in [1.54, 1.807) is 7.11 Å². The normalized spacial score (nSPS) is 18.2. The zero-order valence-electron chi connectivity index (χ0n) is 11.8. The molecule has 5 heteroatoms. The summed E-state index contributed by atoms with van der Waals surface area (Å²) in [7, 11) is 1.67. The smallest absolute Gasteiger partial charge is 0.228 e. The van der Waals surface area contributed by atoms with Crippen LogP contribution in [0.25, 0.3) is 0 Å². The molecule has 1 heterocycles. The molecule has 2 N–H and O–H groups in total. The van der Waals surface area contributed by atoms with E-state index in [1.165, 1.54) is 0 Å². The first-order valence-corrected chi connectivity index (χ1v) is 6.69. The van der Waals surface area contributed by atoms with E-state index in [-0.39, 0.29) is 23.7 Å². The monoisotopic (exact) mass is 278 g/mol. The molecule has 18 heavy (non-hydrogen) atoms.